The van der Waals surface area contributed by atoms with Crippen LogP contribution in [0.3, 0.4) is 0 Å². The molecule has 2 amide bonds. The van der Waals surface area contributed by atoms with Crippen LogP contribution in [0.1, 0.15) is 31.9 Å². The smallest absolute Gasteiger partial charge is 0.319 e. The number of urea groups is 1. The van der Waals surface area contributed by atoms with Gasteiger partial charge in [-0.3, -0.25) is 0 Å². The molecule has 0 spiro atoms. The van der Waals surface area contributed by atoms with Gasteiger partial charge in [0.25, 0.3) is 0 Å². The number of nitrogens with one attached hydrogen (secondary N) is 2. The SMILES string of the molecule is C=C(C)c1cccc(C(C)(C)NC(=O)Nc2ccc(N3CCOCC3)nc2)c1. The van der Waals surface area contributed by atoms with Crippen LogP contribution in [0.15, 0.2) is 49.2 Å². The van der Waals surface area contributed by atoms with E-state index in [1.54, 1.807) is 6.20 Å². The summed E-state index contributed by atoms with van der Waals surface area (Å²) in [5.74, 6) is 0.895. The summed E-state index contributed by atoms with van der Waals surface area (Å²) in [5.41, 5.74) is 3.20. The molecule has 6 heteroatoms. The summed E-state index contributed by atoms with van der Waals surface area (Å²) in [6.07, 6.45) is 1.68. The molecule has 1 aromatic carbocycles. The number of amides is 2. The van der Waals surface area contributed by atoms with Crippen LogP contribution in [0.5, 0.6) is 0 Å². The third-order valence-corrected chi connectivity index (χ3v) is 4.84. The Balaban J connectivity index is 1.62. The Hall–Kier alpha value is -2.86. The van der Waals surface area contributed by atoms with Crippen LogP contribution in [0.25, 0.3) is 5.57 Å². The first-order valence-corrected chi connectivity index (χ1v) is 9.49. The highest BCUT2D eigenvalue weighted by molar-refractivity contribution is 5.89. The Bertz CT molecular complexity index is 840. The van der Waals surface area contributed by atoms with E-state index in [0.717, 1.165) is 35.6 Å². The van der Waals surface area contributed by atoms with Crippen LogP contribution in [0.4, 0.5) is 16.3 Å². The third kappa shape index (κ3) is 4.89. The van der Waals surface area contributed by atoms with Crippen LogP contribution < -0.4 is 15.5 Å². The number of hydrogen-bond acceptors (Lipinski definition) is 4. The molecule has 148 valence electrons. The molecule has 0 bridgehead atoms. The Labute approximate surface area is 166 Å². The van der Waals surface area contributed by atoms with Crippen LogP contribution >= 0.6 is 0 Å². The maximum absolute atomic E-state index is 12.5. The maximum Gasteiger partial charge on any atom is 0.319 e. The van der Waals surface area contributed by atoms with Crippen molar-refractivity contribution in [3.8, 4) is 0 Å². The van der Waals surface area contributed by atoms with E-state index in [4.69, 9.17) is 4.74 Å². The van der Waals surface area contributed by atoms with Crippen LogP contribution in [-0.2, 0) is 10.3 Å². The van der Waals surface area contributed by atoms with Crippen molar-refractivity contribution < 1.29 is 9.53 Å². The molecule has 3 rings (SSSR count). The highest BCUT2D eigenvalue weighted by atomic mass is 16.5. The van der Waals surface area contributed by atoms with E-state index in [2.05, 4.69) is 33.2 Å². The van der Waals surface area contributed by atoms with Crippen molar-refractivity contribution >= 4 is 23.1 Å². The molecule has 2 aromatic rings. The molecule has 2 N–H and O–H groups in total. The van der Waals surface area contributed by atoms with Crippen LogP contribution in [0, 0.1) is 0 Å². The third-order valence-electron chi connectivity index (χ3n) is 4.84. The zero-order chi connectivity index (χ0) is 20.1. The van der Waals surface area contributed by atoms with Gasteiger partial charge in [-0.1, -0.05) is 30.4 Å². The molecule has 1 aromatic heterocycles. The average Bonchev–Trinajstić information content (AvgIpc) is 2.69. The first-order valence-electron chi connectivity index (χ1n) is 9.49. The largest absolute Gasteiger partial charge is 0.378 e. The fourth-order valence-electron chi connectivity index (χ4n) is 3.13. The molecule has 1 aliphatic rings. The van der Waals surface area contributed by atoms with Crippen molar-refractivity contribution in [1.29, 1.82) is 0 Å². The summed E-state index contributed by atoms with van der Waals surface area (Å²) in [7, 11) is 0. The second-order valence-corrected chi connectivity index (χ2v) is 7.57. The second-order valence-electron chi connectivity index (χ2n) is 7.57. The molecule has 0 unspecified atom stereocenters. The number of rotatable bonds is 5. The van der Waals surface area contributed by atoms with E-state index < -0.39 is 5.54 Å². The molecule has 28 heavy (non-hydrogen) atoms. The average molecular weight is 380 g/mol. The zero-order valence-corrected chi connectivity index (χ0v) is 16.8. The molecule has 0 aliphatic carbocycles. The molecule has 0 saturated carbocycles. The molecule has 2 heterocycles. The van der Waals surface area contributed by atoms with Crippen molar-refractivity contribution in [3.63, 3.8) is 0 Å². The van der Waals surface area contributed by atoms with Gasteiger partial charge in [0.15, 0.2) is 0 Å². The van der Waals surface area contributed by atoms with E-state index in [-0.39, 0.29) is 6.03 Å². The normalized spacial score (nSPS) is 14.5. The minimum Gasteiger partial charge on any atom is -0.378 e. The fraction of sp³-hybridized carbons (Fsp3) is 0.364. The number of ether oxygens (including phenoxy) is 1. The zero-order valence-electron chi connectivity index (χ0n) is 16.8. The minimum atomic E-state index is -0.531. The van der Waals surface area contributed by atoms with Gasteiger partial charge in [-0.2, -0.15) is 0 Å². The summed E-state index contributed by atoms with van der Waals surface area (Å²) in [5, 5.41) is 5.89. The fourth-order valence-corrected chi connectivity index (χ4v) is 3.13. The molecule has 1 saturated heterocycles. The van der Waals surface area contributed by atoms with E-state index in [1.807, 2.05) is 51.1 Å². The number of hydrogen-bond donors (Lipinski definition) is 2. The van der Waals surface area contributed by atoms with Gasteiger partial charge in [0.05, 0.1) is 30.6 Å². The Morgan fingerprint density at radius 1 is 1.21 bits per heavy atom. The molecule has 0 atom stereocenters. The van der Waals surface area contributed by atoms with Gasteiger partial charge in [-0.05, 0) is 50.1 Å². The second kappa shape index (κ2) is 8.44. The molecular weight excluding hydrogens is 352 g/mol. The van der Waals surface area contributed by atoms with Crippen molar-refractivity contribution in [2.45, 2.75) is 26.3 Å². The lowest BCUT2D eigenvalue weighted by Gasteiger charge is -2.28. The van der Waals surface area contributed by atoms with Gasteiger partial charge >= 0.3 is 6.03 Å². The number of carbonyl (C=O) groups excluding carboxylic acids is 1. The summed E-state index contributed by atoms with van der Waals surface area (Å²) in [4.78, 5) is 19.1. The van der Waals surface area contributed by atoms with Gasteiger partial charge in [0.1, 0.15) is 5.82 Å². The van der Waals surface area contributed by atoms with E-state index in [9.17, 15) is 4.79 Å². The predicted molar refractivity (Wildman–Crippen MR) is 114 cm³/mol. The number of allylic oxidation sites excluding steroid dienone is 1. The van der Waals surface area contributed by atoms with Crippen molar-refractivity contribution in [2.24, 2.45) is 0 Å². The predicted octanol–water partition coefficient (Wildman–Crippen LogP) is 4.01. The Morgan fingerprint density at radius 2 is 1.96 bits per heavy atom. The van der Waals surface area contributed by atoms with Crippen LogP contribution in [0.2, 0.25) is 0 Å². The quantitative estimate of drug-likeness (QED) is 0.823. The van der Waals surface area contributed by atoms with Crippen LogP contribution in [-0.4, -0.2) is 37.3 Å². The topological polar surface area (TPSA) is 66.5 Å². The molecule has 1 fully saturated rings. The van der Waals surface area contributed by atoms with Crippen molar-refractivity contribution in [3.05, 3.63) is 60.3 Å². The summed E-state index contributed by atoms with van der Waals surface area (Å²) in [6, 6.07) is 11.6. The van der Waals surface area contributed by atoms with Gasteiger partial charge in [-0.25, -0.2) is 9.78 Å². The first kappa shape index (κ1) is 19.9. The van der Waals surface area contributed by atoms with E-state index in [1.165, 1.54) is 0 Å². The van der Waals surface area contributed by atoms with Gasteiger partial charge in [-0.15, -0.1) is 0 Å². The van der Waals surface area contributed by atoms with E-state index >= 15 is 0 Å². The maximum atomic E-state index is 12.5. The molecule has 1 aliphatic heterocycles. The minimum absolute atomic E-state index is 0.272. The highest BCUT2D eigenvalue weighted by Crippen LogP contribution is 2.24. The number of aromatic nitrogens is 1. The number of carbonyl (C=O) groups is 1. The number of benzene rings is 1. The first-order chi connectivity index (χ1) is 13.3. The summed E-state index contributed by atoms with van der Waals surface area (Å²) in [6.45, 7) is 13.0. The molecular formula is C22H28N4O2. The standard InChI is InChI=1S/C22H28N4O2/c1-16(2)17-6-5-7-18(14-17)22(3,4)25-21(27)24-19-8-9-20(23-15-19)26-10-12-28-13-11-26/h5-9,14-15H,1,10-13H2,2-4H3,(H2,24,25,27). The van der Waals surface area contributed by atoms with Gasteiger partial charge in [0, 0.05) is 13.1 Å². The summed E-state index contributed by atoms with van der Waals surface area (Å²) < 4.78 is 5.36. The van der Waals surface area contributed by atoms with Gasteiger partial charge in [0.2, 0.25) is 0 Å². The Morgan fingerprint density at radius 3 is 2.61 bits per heavy atom. The molecule has 6 nitrogen and oxygen atoms in total. The number of anilines is 2. The lowest BCUT2D eigenvalue weighted by Crippen LogP contribution is -2.43. The lowest BCUT2D eigenvalue weighted by atomic mass is 9.92. The number of nitrogens with zero attached hydrogens (tertiary/aromatic N) is 2. The lowest BCUT2D eigenvalue weighted by molar-refractivity contribution is 0.122. The molecule has 0 radical (unpaired) electrons. The number of morpholine rings is 1. The summed E-state index contributed by atoms with van der Waals surface area (Å²) >= 11 is 0. The monoisotopic (exact) mass is 380 g/mol. The highest BCUT2D eigenvalue weighted by Gasteiger charge is 2.23. The van der Waals surface area contributed by atoms with Crippen molar-refractivity contribution in [2.75, 3.05) is 36.5 Å². The van der Waals surface area contributed by atoms with E-state index in [0.29, 0.717) is 18.9 Å². The van der Waals surface area contributed by atoms with Crippen molar-refractivity contribution in [1.82, 2.24) is 10.3 Å². The number of pyridine rings is 1. The Kier molecular flexibility index (Phi) is 5.99. The van der Waals surface area contributed by atoms with Gasteiger partial charge < -0.3 is 20.3 Å².